The van der Waals surface area contributed by atoms with Crippen molar-refractivity contribution in [3.63, 3.8) is 0 Å². The molecule has 0 unspecified atom stereocenters. The van der Waals surface area contributed by atoms with Crippen molar-refractivity contribution in [3.05, 3.63) is 180 Å². The van der Waals surface area contributed by atoms with E-state index in [-0.39, 0.29) is 0 Å². The highest BCUT2D eigenvalue weighted by Gasteiger charge is 2.04. The van der Waals surface area contributed by atoms with Crippen LogP contribution in [0.3, 0.4) is 0 Å². The first-order valence-corrected chi connectivity index (χ1v) is 18.3. The SMILES string of the molecule is C1=Cc2ccccc2C1.CC.CC.CC(C)c1cccc2ccccc12.CC(C)c1cccc2ccccc12.Oc1cccc2ccccc12. The first-order chi connectivity index (χ1) is 24.4. The minimum atomic E-state index is 0.350. The lowest BCUT2D eigenvalue weighted by Gasteiger charge is -2.08. The fourth-order valence-corrected chi connectivity index (χ4v) is 5.91. The number of allylic oxidation sites excluding steroid dienone is 1. The van der Waals surface area contributed by atoms with Gasteiger partial charge in [0.25, 0.3) is 0 Å². The number of hydrogen-bond acceptors (Lipinski definition) is 1. The maximum Gasteiger partial charge on any atom is 0.123 e. The Morgan fingerprint density at radius 3 is 1.26 bits per heavy atom. The highest BCUT2D eigenvalue weighted by molar-refractivity contribution is 5.88. The molecule has 0 aliphatic heterocycles. The molecule has 0 spiro atoms. The Morgan fingerprint density at radius 2 is 0.800 bits per heavy atom. The first kappa shape index (κ1) is 39.3. The molecule has 0 amide bonds. The van der Waals surface area contributed by atoms with E-state index in [0.717, 1.165) is 17.2 Å². The molecule has 7 aromatic rings. The number of hydrogen-bond donors (Lipinski definition) is 1. The number of aromatic hydroxyl groups is 1. The van der Waals surface area contributed by atoms with E-state index in [1.165, 1.54) is 43.8 Å². The molecule has 1 aliphatic rings. The van der Waals surface area contributed by atoms with Crippen LogP contribution in [-0.2, 0) is 6.42 Å². The molecule has 0 saturated carbocycles. The molecule has 0 atom stereocenters. The lowest BCUT2D eigenvalue weighted by atomic mass is 9.96. The van der Waals surface area contributed by atoms with E-state index in [1.54, 1.807) is 6.07 Å². The Kier molecular flexibility index (Phi) is 16.5. The number of phenols is 1. The van der Waals surface area contributed by atoms with Gasteiger partial charge in [-0.15, -0.1) is 0 Å². The number of phenolic OH excluding ortho intramolecular Hbond substituents is 1. The smallest absolute Gasteiger partial charge is 0.123 e. The summed E-state index contributed by atoms with van der Waals surface area (Å²) in [6.45, 7) is 17.0. The Hall–Kier alpha value is -5.14. The molecule has 0 heterocycles. The molecule has 1 N–H and O–H groups in total. The van der Waals surface area contributed by atoms with Crippen LogP contribution in [-0.4, -0.2) is 5.11 Å². The van der Waals surface area contributed by atoms with Crippen LogP contribution in [0.5, 0.6) is 5.75 Å². The summed E-state index contributed by atoms with van der Waals surface area (Å²) >= 11 is 0. The third-order valence-electron chi connectivity index (χ3n) is 8.35. The summed E-state index contributed by atoms with van der Waals surface area (Å²) in [6.07, 6.45) is 5.50. The van der Waals surface area contributed by atoms with Gasteiger partial charge in [0.2, 0.25) is 0 Å². The zero-order valence-electron chi connectivity index (χ0n) is 31.4. The van der Waals surface area contributed by atoms with Gasteiger partial charge in [0.05, 0.1) is 0 Å². The predicted molar refractivity (Wildman–Crippen MR) is 224 cm³/mol. The molecular weight excluding hydrogens is 605 g/mol. The minimum Gasteiger partial charge on any atom is -0.507 e. The van der Waals surface area contributed by atoms with Gasteiger partial charge < -0.3 is 5.11 Å². The average Bonchev–Trinajstić information content (AvgIpc) is 3.66. The molecule has 0 radical (unpaired) electrons. The van der Waals surface area contributed by atoms with Crippen LogP contribution in [0, 0.1) is 0 Å². The number of fused-ring (bicyclic) bond motifs is 4. The second-order valence-corrected chi connectivity index (χ2v) is 12.2. The van der Waals surface area contributed by atoms with E-state index in [9.17, 15) is 5.11 Å². The highest BCUT2D eigenvalue weighted by Crippen LogP contribution is 2.26. The number of benzene rings is 7. The van der Waals surface area contributed by atoms with Gasteiger partial charge in [-0.2, -0.15) is 0 Å². The zero-order chi connectivity index (χ0) is 36.3. The van der Waals surface area contributed by atoms with Crippen molar-refractivity contribution in [1.82, 2.24) is 0 Å². The van der Waals surface area contributed by atoms with Crippen LogP contribution in [0.1, 0.15) is 89.5 Å². The topological polar surface area (TPSA) is 20.2 Å². The maximum atomic E-state index is 9.37. The molecule has 50 heavy (non-hydrogen) atoms. The fraction of sp³-hybridized carbons (Fsp3) is 0.224. The summed E-state index contributed by atoms with van der Waals surface area (Å²) in [7, 11) is 0. The summed E-state index contributed by atoms with van der Waals surface area (Å²) < 4.78 is 0. The van der Waals surface area contributed by atoms with E-state index in [4.69, 9.17) is 0 Å². The van der Waals surface area contributed by atoms with Crippen molar-refractivity contribution >= 4 is 38.4 Å². The van der Waals surface area contributed by atoms with Crippen molar-refractivity contribution in [1.29, 1.82) is 0 Å². The summed E-state index contributed by atoms with van der Waals surface area (Å²) in [4.78, 5) is 0. The Balaban J connectivity index is 0.000000176. The minimum absolute atomic E-state index is 0.350. The van der Waals surface area contributed by atoms with Crippen LogP contribution >= 0.6 is 0 Å². The fourth-order valence-electron chi connectivity index (χ4n) is 5.91. The second-order valence-electron chi connectivity index (χ2n) is 12.2. The van der Waals surface area contributed by atoms with Crippen molar-refractivity contribution in [3.8, 4) is 5.75 Å². The van der Waals surface area contributed by atoms with Crippen molar-refractivity contribution < 1.29 is 5.11 Å². The molecule has 258 valence electrons. The van der Waals surface area contributed by atoms with Gasteiger partial charge in [0.15, 0.2) is 0 Å². The molecule has 1 nitrogen and oxygen atoms in total. The summed E-state index contributed by atoms with van der Waals surface area (Å²) in [5, 5.41) is 16.8. The standard InChI is InChI=1S/2C13H14.C10H8O.C9H8.2C2H6/c2*1-10(2)12-9-5-7-11-6-3-4-8-13(11)12;11-10-7-3-5-8-4-1-2-6-9(8)10;1-2-5-9-7-3-6-8(9)4-1;2*1-2/h2*3-10H,1-2H3;1-7,11H;1-6H,7H2;2*1-2H3. The lowest BCUT2D eigenvalue weighted by Crippen LogP contribution is -1.88. The van der Waals surface area contributed by atoms with Crippen LogP contribution in [0.25, 0.3) is 38.4 Å². The summed E-state index contributed by atoms with van der Waals surface area (Å²) in [5.41, 5.74) is 5.73. The molecule has 1 aliphatic carbocycles. The maximum absolute atomic E-state index is 9.37. The summed E-state index contributed by atoms with van der Waals surface area (Å²) in [5.74, 6) is 1.56. The third kappa shape index (κ3) is 10.9. The van der Waals surface area contributed by atoms with E-state index in [0.29, 0.717) is 17.6 Å². The lowest BCUT2D eigenvalue weighted by molar-refractivity contribution is 0.481. The molecule has 7 aromatic carbocycles. The Labute approximate surface area is 302 Å². The zero-order valence-corrected chi connectivity index (χ0v) is 31.4. The van der Waals surface area contributed by atoms with Gasteiger partial charge in [0, 0.05) is 5.39 Å². The molecule has 0 fully saturated rings. The van der Waals surface area contributed by atoms with E-state index in [1.807, 2.05) is 64.1 Å². The van der Waals surface area contributed by atoms with Crippen LogP contribution < -0.4 is 0 Å². The van der Waals surface area contributed by atoms with Crippen LogP contribution in [0.4, 0.5) is 0 Å². The third-order valence-corrected chi connectivity index (χ3v) is 8.35. The Bertz CT molecular complexity index is 1950. The van der Waals surface area contributed by atoms with Crippen molar-refractivity contribution in [2.24, 2.45) is 0 Å². The Morgan fingerprint density at radius 1 is 0.420 bits per heavy atom. The van der Waals surface area contributed by atoms with Crippen LogP contribution in [0.15, 0.2) is 158 Å². The van der Waals surface area contributed by atoms with Gasteiger partial charge >= 0.3 is 0 Å². The van der Waals surface area contributed by atoms with E-state index >= 15 is 0 Å². The average molecular weight is 661 g/mol. The molecule has 0 saturated heterocycles. The number of rotatable bonds is 2. The van der Waals surface area contributed by atoms with Crippen LogP contribution in [0.2, 0.25) is 0 Å². The predicted octanol–water partition coefficient (Wildman–Crippen LogP) is 14.8. The van der Waals surface area contributed by atoms with Gasteiger partial charge in [-0.1, -0.05) is 213 Å². The highest BCUT2D eigenvalue weighted by atomic mass is 16.3. The van der Waals surface area contributed by atoms with Crippen molar-refractivity contribution in [2.45, 2.75) is 73.6 Å². The molecule has 8 rings (SSSR count). The quantitative estimate of drug-likeness (QED) is 0.196. The van der Waals surface area contributed by atoms with Gasteiger partial charge in [0.1, 0.15) is 5.75 Å². The van der Waals surface area contributed by atoms with Crippen molar-refractivity contribution in [2.75, 3.05) is 0 Å². The monoisotopic (exact) mass is 660 g/mol. The largest absolute Gasteiger partial charge is 0.507 e. The molecular formula is C49H56O. The second kappa shape index (κ2) is 21.1. The molecule has 0 bridgehead atoms. The first-order valence-electron chi connectivity index (χ1n) is 18.3. The normalized spacial score (nSPS) is 10.7. The molecule has 0 aromatic heterocycles. The van der Waals surface area contributed by atoms with Gasteiger partial charge in [-0.3, -0.25) is 0 Å². The van der Waals surface area contributed by atoms with E-state index < -0.39 is 0 Å². The van der Waals surface area contributed by atoms with Gasteiger partial charge in [-0.05, 0) is 73.5 Å². The van der Waals surface area contributed by atoms with E-state index in [2.05, 4.69) is 149 Å². The van der Waals surface area contributed by atoms with Gasteiger partial charge in [-0.25, -0.2) is 0 Å². The molecule has 1 heteroatoms. The summed E-state index contributed by atoms with van der Waals surface area (Å²) in [6, 6.07) is 51.9.